The largest absolute Gasteiger partial charge is 0.125 e. The fourth-order valence-corrected chi connectivity index (χ4v) is 1.88. The molecule has 0 radical (unpaired) electrons. The first kappa shape index (κ1) is 8.95. The van der Waals surface area contributed by atoms with Crippen LogP contribution in [0.4, 0.5) is 0 Å². The third-order valence-corrected chi connectivity index (χ3v) is 3.02. The number of hydrogen-bond donors (Lipinski definition) is 0. The first-order valence-electron chi connectivity index (χ1n) is 3.72. The van der Waals surface area contributed by atoms with E-state index in [1.165, 1.54) is 11.3 Å². The summed E-state index contributed by atoms with van der Waals surface area (Å²) in [4.78, 5) is 1.19. The summed E-state index contributed by atoms with van der Waals surface area (Å²) in [5.41, 5.74) is 0. The fourth-order valence-electron chi connectivity index (χ4n) is 0.774. The summed E-state index contributed by atoms with van der Waals surface area (Å²) in [5.74, 6) is 1.14. The lowest BCUT2D eigenvalue weighted by atomic mass is 10.4. The average Bonchev–Trinajstić information content (AvgIpc) is 2.03. The van der Waals surface area contributed by atoms with Gasteiger partial charge in [0.1, 0.15) is 0 Å². The van der Waals surface area contributed by atoms with Crippen molar-refractivity contribution in [3.8, 4) is 0 Å². The molecule has 0 aliphatic carbocycles. The Bertz CT molecular complexity index is 223. The predicted molar refractivity (Wildman–Crippen MR) is 52.5 cm³/mol. The van der Waals surface area contributed by atoms with Crippen LogP contribution in [0.2, 0.25) is 5.02 Å². The number of halogens is 1. The van der Waals surface area contributed by atoms with Gasteiger partial charge in [-0.15, -0.1) is 11.8 Å². The molecule has 0 nitrogen and oxygen atoms in total. The van der Waals surface area contributed by atoms with Crippen LogP contribution in [-0.2, 0) is 0 Å². The Morgan fingerprint density at radius 1 is 1.36 bits per heavy atom. The van der Waals surface area contributed by atoms with Crippen molar-refractivity contribution >= 4 is 23.4 Å². The van der Waals surface area contributed by atoms with Crippen molar-refractivity contribution in [1.82, 2.24) is 0 Å². The van der Waals surface area contributed by atoms with Crippen LogP contribution < -0.4 is 0 Å². The lowest BCUT2D eigenvalue weighted by Crippen LogP contribution is -1.76. The summed E-state index contributed by atoms with van der Waals surface area (Å²) in [6.07, 6.45) is 1.19. The van der Waals surface area contributed by atoms with Crippen LogP contribution in [-0.4, -0.2) is 5.75 Å². The SMILES string of the molecule is CCCSc1ccccc1Cl. The zero-order valence-corrected chi connectivity index (χ0v) is 8.08. The van der Waals surface area contributed by atoms with Gasteiger partial charge >= 0.3 is 0 Å². The van der Waals surface area contributed by atoms with Crippen LogP contribution in [0.1, 0.15) is 13.3 Å². The third-order valence-electron chi connectivity index (χ3n) is 1.30. The van der Waals surface area contributed by atoms with E-state index in [9.17, 15) is 0 Å². The Balaban J connectivity index is 2.62. The zero-order valence-electron chi connectivity index (χ0n) is 6.51. The second kappa shape index (κ2) is 4.68. The number of benzene rings is 1. The normalized spacial score (nSPS) is 10.0. The molecule has 0 heterocycles. The van der Waals surface area contributed by atoms with Gasteiger partial charge in [0.25, 0.3) is 0 Å². The Morgan fingerprint density at radius 3 is 2.73 bits per heavy atom. The lowest BCUT2D eigenvalue weighted by Gasteiger charge is -2.00. The second-order valence-corrected chi connectivity index (χ2v) is 3.82. The maximum absolute atomic E-state index is 5.94. The van der Waals surface area contributed by atoms with E-state index in [1.54, 1.807) is 0 Å². The van der Waals surface area contributed by atoms with Crippen molar-refractivity contribution in [2.45, 2.75) is 18.2 Å². The highest BCUT2D eigenvalue weighted by Gasteiger charge is 1.96. The lowest BCUT2D eigenvalue weighted by molar-refractivity contribution is 1.10. The van der Waals surface area contributed by atoms with E-state index < -0.39 is 0 Å². The van der Waals surface area contributed by atoms with E-state index in [-0.39, 0.29) is 0 Å². The molecule has 0 spiro atoms. The highest BCUT2D eigenvalue weighted by Crippen LogP contribution is 2.26. The van der Waals surface area contributed by atoms with E-state index in [0.29, 0.717) is 0 Å². The number of hydrogen-bond acceptors (Lipinski definition) is 1. The van der Waals surface area contributed by atoms with Crippen LogP contribution in [0.25, 0.3) is 0 Å². The second-order valence-electron chi connectivity index (χ2n) is 2.28. The van der Waals surface area contributed by atoms with Gasteiger partial charge in [0, 0.05) is 4.90 Å². The summed E-state index contributed by atoms with van der Waals surface area (Å²) >= 11 is 7.75. The zero-order chi connectivity index (χ0) is 8.10. The Morgan fingerprint density at radius 2 is 2.09 bits per heavy atom. The topological polar surface area (TPSA) is 0 Å². The molecular formula is C9H11ClS. The smallest absolute Gasteiger partial charge is 0.0541 e. The van der Waals surface area contributed by atoms with Crippen LogP contribution in [0.5, 0.6) is 0 Å². The molecule has 0 atom stereocenters. The van der Waals surface area contributed by atoms with Gasteiger partial charge in [-0.2, -0.15) is 0 Å². The Hall–Kier alpha value is -0.140. The summed E-state index contributed by atoms with van der Waals surface area (Å²) in [6.45, 7) is 2.17. The Kier molecular flexibility index (Phi) is 3.81. The molecule has 1 rings (SSSR count). The summed E-state index contributed by atoms with van der Waals surface area (Å²) < 4.78 is 0. The maximum Gasteiger partial charge on any atom is 0.0541 e. The van der Waals surface area contributed by atoms with E-state index in [1.807, 2.05) is 30.0 Å². The third kappa shape index (κ3) is 2.76. The van der Waals surface area contributed by atoms with Gasteiger partial charge in [0.15, 0.2) is 0 Å². The summed E-state index contributed by atoms with van der Waals surface area (Å²) in [6, 6.07) is 7.96. The van der Waals surface area contributed by atoms with E-state index >= 15 is 0 Å². The molecule has 1 aromatic carbocycles. The van der Waals surface area contributed by atoms with Gasteiger partial charge in [0.05, 0.1) is 5.02 Å². The minimum Gasteiger partial charge on any atom is -0.125 e. The van der Waals surface area contributed by atoms with Crippen LogP contribution in [0, 0.1) is 0 Å². The molecule has 0 fully saturated rings. The van der Waals surface area contributed by atoms with Crippen molar-refractivity contribution in [2.75, 3.05) is 5.75 Å². The monoisotopic (exact) mass is 186 g/mol. The predicted octanol–water partition coefficient (Wildman–Crippen LogP) is 3.84. The molecule has 1 aromatic rings. The van der Waals surface area contributed by atoms with Gasteiger partial charge in [-0.1, -0.05) is 30.7 Å². The van der Waals surface area contributed by atoms with Gasteiger partial charge in [0.2, 0.25) is 0 Å². The molecule has 0 aliphatic heterocycles. The molecule has 60 valence electrons. The number of thioether (sulfide) groups is 1. The highest BCUT2D eigenvalue weighted by molar-refractivity contribution is 7.99. The molecule has 0 unspecified atom stereocenters. The van der Waals surface area contributed by atoms with E-state index in [4.69, 9.17) is 11.6 Å². The van der Waals surface area contributed by atoms with Gasteiger partial charge in [-0.3, -0.25) is 0 Å². The minimum absolute atomic E-state index is 0.867. The fraction of sp³-hybridized carbons (Fsp3) is 0.333. The summed E-state index contributed by atoms with van der Waals surface area (Å²) in [7, 11) is 0. The van der Waals surface area contributed by atoms with Crippen molar-refractivity contribution < 1.29 is 0 Å². The molecule has 0 aromatic heterocycles. The van der Waals surface area contributed by atoms with Crippen LogP contribution in [0.3, 0.4) is 0 Å². The van der Waals surface area contributed by atoms with E-state index in [2.05, 4.69) is 13.0 Å². The molecule has 11 heavy (non-hydrogen) atoms. The molecule has 0 amide bonds. The van der Waals surface area contributed by atoms with Gasteiger partial charge in [-0.05, 0) is 24.3 Å². The molecular weight excluding hydrogens is 176 g/mol. The standard InChI is InChI=1S/C9H11ClS/c1-2-7-11-9-6-4-3-5-8(9)10/h3-6H,2,7H2,1H3. The van der Waals surface area contributed by atoms with Crippen LogP contribution in [0.15, 0.2) is 29.2 Å². The molecule has 0 saturated carbocycles. The molecule has 0 N–H and O–H groups in total. The molecule has 0 saturated heterocycles. The average molecular weight is 187 g/mol. The van der Waals surface area contributed by atoms with Crippen molar-refractivity contribution in [1.29, 1.82) is 0 Å². The first-order chi connectivity index (χ1) is 5.34. The molecule has 0 bridgehead atoms. The van der Waals surface area contributed by atoms with Crippen molar-refractivity contribution in [2.24, 2.45) is 0 Å². The quantitative estimate of drug-likeness (QED) is 0.647. The van der Waals surface area contributed by atoms with Crippen LogP contribution >= 0.6 is 23.4 Å². The van der Waals surface area contributed by atoms with E-state index in [0.717, 1.165) is 10.8 Å². The van der Waals surface area contributed by atoms with Crippen molar-refractivity contribution in [3.05, 3.63) is 29.3 Å². The number of rotatable bonds is 3. The highest BCUT2D eigenvalue weighted by atomic mass is 35.5. The summed E-state index contributed by atoms with van der Waals surface area (Å²) in [5, 5.41) is 0.867. The van der Waals surface area contributed by atoms with Gasteiger partial charge in [-0.25, -0.2) is 0 Å². The van der Waals surface area contributed by atoms with Gasteiger partial charge < -0.3 is 0 Å². The minimum atomic E-state index is 0.867. The maximum atomic E-state index is 5.94. The first-order valence-corrected chi connectivity index (χ1v) is 5.08. The molecule has 2 heteroatoms. The van der Waals surface area contributed by atoms with Crippen molar-refractivity contribution in [3.63, 3.8) is 0 Å². The Labute approximate surface area is 77.0 Å². The molecule has 0 aliphatic rings.